The van der Waals surface area contributed by atoms with Gasteiger partial charge in [0.25, 0.3) is 0 Å². The van der Waals surface area contributed by atoms with E-state index >= 15 is 0 Å². The molecule has 9 rings (SSSR count). The minimum absolute atomic E-state index is 0.0757. The third-order valence-electron chi connectivity index (χ3n) is 9.59. The number of fused-ring (bicyclic) bond motifs is 9. The number of benzene rings is 6. The molecule has 1 nitrogen and oxygen atoms in total. The van der Waals surface area contributed by atoms with E-state index in [1.54, 1.807) is 7.11 Å². The maximum Gasteiger partial charge on any atom is 0.126 e. The van der Waals surface area contributed by atoms with Crippen LogP contribution < -0.4 is 4.74 Å². The van der Waals surface area contributed by atoms with Crippen molar-refractivity contribution < 1.29 is 4.74 Å². The molecule has 0 heterocycles. The zero-order chi connectivity index (χ0) is 25.5. The highest BCUT2D eigenvalue weighted by Gasteiger charge is 2.39. The lowest BCUT2D eigenvalue weighted by Crippen LogP contribution is -2.15. The Labute approximate surface area is 222 Å². The summed E-state index contributed by atoms with van der Waals surface area (Å²) in [4.78, 5) is 0. The number of ether oxygens (including phenoxy) is 1. The summed E-state index contributed by atoms with van der Waals surface area (Å²) in [5.74, 6) is 0.941. The van der Waals surface area contributed by atoms with Gasteiger partial charge in [0.15, 0.2) is 0 Å². The van der Waals surface area contributed by atoms with Crippen molar-refractivity contribution in [3.8, 4) is 61.4 Å². The number of hydrogen-bond donors (Lipinski definition) is 0. The van der Waals surface area contributed by atoms with Crippen molar-refractivity contribution >= 4 is 21.5 Å². The average Bonchev–Trinajstić information content (AvgIpc) is 3.50. The van der Waals surface area contributed by atoms with E-state index < -0.39 is 0 Å². The molecule has 0 saturated carbocycles. The van der Waals surface area contributed by atoms with E-state index in [0.29, 0.717) is 0 Å². The van der Waals surface area contributed by atoms with Crippen LogP contribution in [-0.4, -0.2) is 7.11 Å². The maximum absolute atomic E-state index is 5.72. The Balaban J connectivity index is 1.33. The Bertz CT molecular complexity index is 2090. The first-order chi connectivity index (χ1) is 18.5. The maximum atomic E-state index is 5.72. The second-order valence-electron chi connectivity index (χ2n) is 11.7. The Kier molecular flexibility index (Phi) is 3.56. The highest BCUT2D eigenvalue weighted by atomic mass is 16.5. The van der Waals surface area contributed by atoms with Crippen molar-refractivity contribution in [2.24, 2.45) is 0 Å². The van der Waals surface area contributed by atoms with Gasteiger partial charge >= 0.3 is 0 Å². The van der Waals surface area contributed by atoms with Gasteiger partial charge in [-0.1, -0.05) is 68.4 Å². The second-order valence-corrected chi connectivity index (χ2v) is 11.7. The Morgan fingerprint density at radius 1 is 0.500 bits per heavy atom. The smallest absolute Gasteiger partial charge is 0.126 e. The fourth-order valence-electron chi connectivity index (χ4n) is 7.72. The van der Waals surface area contributed by atoms with E-state index in [0.717, 1.165) is 5.75 Å². The van der Waals surface area contributed by atoms with Crippen LogP contribution >= 0.6 is 0 Å². The summed E-state index contributed by atoms with van der Waals surface area (Å²) in [5, 5.41) is 5.29. The average molecular weight is 487 g/mol. The highest BCUT2D eigenvalue weighted by Crippen LogP contribution is 2.59. The summed E-state index contributed by atoms with van der Waals surface area (Å²) in [6, 6.07) is 32.3. The zero-order valence-electron chi connectivity index (χ0n) is 22.0. The van der Waals surface area contributed by atoms with E-state index in [-0.39, 0.29) is 5.41 Å². The zero-order valence-corrected chi connectivity index (χ0v) is 22.0. The molecule has 38 heavy (non-hydrogen) atoms. The van der Waals surface area contributed by atoms with Gasteiger partial charge in [-0.15, -0.1) is 0 Å². The quantitative estimate of drug-likeness (QED) is 0.224. The number of aryl methyl sites for hydroxylation is 1. The van der Waals surface area contributed by atoms with Gasteiger partial charge in [0.1, 0.15) is 5.75 Å². The summed E-state index contributed by atoms with van der Waals surface area (Å²) < 4.78 is 5.72. The molecule has 0 aromatic heterocycles. The van der Waals surface area contributed by atoms with Crippen LogP contribution in [-0.2, 0) is 5.41 Å². The molecule has 0 atom stereocenters. The van der Waals surface area contributed by atoms with Crippen molar-refractivity contribution in [1.29, 1.82) is 0 Å². The number of methoxy groups -OCH3 is 1. The minimum Gasteiger partial charge on any atom is -0.496 e. The second kappa shape index (κ2) is 6.55. The molecule has 0 fully saturated rings. The van der Waals surface area contributed by atoms with E-state index in [2.05, 4.69) is 106 Å². The van der Waals surface area contributed by atoms with Crippen molar-refractivity contribution in [3.05, 3.63) is 102 Å². The molecule has 3 aliphatic carbocycles. The van der Waals surface area contributed by atoms with E-state index in [1.807, 2.05) is 0 Å². The van der Waals surface area contributed by atoms with E-state index in [9.17, 15) is 0 Å². The largest absolute Gasteiger partial charge is 0.496 e. The van der Waals surface area contributed by atoms with Gasteiger partial charge in [0, 0.05) is 16.2 Å². The molecule has 0 N–H and O–H groups in total. The third-order valence-corrected chi connectivity index (χ3v) is 9.59. The highest BCUT2D eigenvalue weighted by molar-refractivity contribution is 6.19. The molecule has 0 unspecified atom stereocenters. The first kappa shape index (κ1) is 20.7. The van der Waals surface area contributed by atoms with Crippen LogP contribution in [0.1, 0.15) is 30.5 Å². The van der Waals surface area contributed by atoms with Crippen molar-refractivity contribution in [2.75, 3.05) is 7.11 Å². The van der Waals surface area contributed by atoms with Gasteiger partial charge in [0.05, 0.1) is 7.11 Å². The fourth-order valence-corrected chi connectivity index (χ4v) is 7.72. The van der Waals surface area contributed by atoms with Gasteiger partial charge in [-0.3, -0.25) is 0 Å². The third kappa shape index (κ3) is 2.22. The molecular formula is C37H26O. The van der Waals surface area contributed by atoms with E-state index in [1.165, 1.54) is 93.9 Å². The van der Waals surface area contributed by atoms with Crippen molar-refractivity contribution in [2.45, 2.75) is 26.2 Å². The molecule has 0 amide bonds. The number of hydrogen-bond acceptors (Lipinski definition) is 1. The molecule has 0 radical (unpaired) electrons. The summed E-state index contributed by atoms with van der Waals surface area (Å²) >= 11 is 0. The molecule has 0 saturated heterocycles. The minimum atomic E-state index is -0.0757. The van der Waals surface area contributed by atoms with Crippen molar-refractivity contribution in [1.82, 2.24) is 0 Å². The molecule has 180 valence electrons. The molecule has 0 spiro atoms. The van der Waals surface area contributed by atoms with Crippen LogP contribution in [0.25, 0.3) is 77.2 Å². The topological polar surface area (TPSA) is 9.23 Å². The van der Waals surface area contributed by atoms with Gasteiger partial charge in [-0.2, -0.15) is 0 Å². The lowest BCUT2D eigenvalue weighted by molar-refractivity contribution is 0.420. The first-order valence-electron chi connectivity index (χ1n) is 13.5. The van der Waals surface area contributed by atoms with Gasteiger partial charge in [-0.05, 0) is 120 Å². The monoisotopic (exact) mass is 486 g/mol. The molecule has 6 aromatic rings. The Morgan fingerprint density at radius 2 is 1.00 bits per heavy atom. The molecule has 0 aliphatic heterocycles. The normalized spacial score (nSPS) is 14.5. The Morgan fingerprint density at radius 3 is 1.61 bits per heavy atom. The SMILES string of the molecule is COc1ccc2c3c(cccc13)-c1cc3c(cc1-2)C(C)(C)c1cc2c(cc1-3)-c1cccc3c(C)ccc-2c13. The molecular weight excluding hydrogens is 460 g/mol. The molecule has 3 aliphatic rings. The predicted octanol–water partition coefficient (Wildman–Crippen LogP) is 9.91. The van der Waals surface area contributed by atoms with Crippen LogP contribution in [0.5, 0.6) is 5.75 Å². The van der Waals surface area contributed by atoms with Crippen LogP contribution in [0, 0.1) is 6.92 Å². The van der Waals surface area contributed by atoms with Gasteiger partial charge in [0.2, 0.25) is 0 Å². The lowest BCUT2D eigenvalue weighted by atomic mass is 9.80. The molecule has 1 heteroatoms. The van der Waals surface area contributed by atoms with Crippen LogP contribution in [0.3, 0.4) is 0 Å². The summed E-state index contributed by atoms with van der Waals surface area (Å²) in [6.45, 7) is 7.02. The van der Waals surface area contributed by atoms with E-state index in [4.69, 9.17) is 4.74 Å². The molecule has 0 bridgehead atoms. The van der Waals surface area contributed by atoms with Crippen LogP contribution in [0.2, 0.25) is 0 Å². The standard InChI is InChI=1S/C37H26O/c1-19-11-12-23-28-17-32-30(15-26(28)21-8-5-7-20(19)35(21)23)31-16-27-22-9-6-10-25-34(38-4)14-13-24(36(22)25)29(27)18-33(31)37(32,2)3/h5-18H,1-4H3. The first-order valence-corrected chi connectivity index (χ1v) is 13.5. The van der Waals surface area contributed by atoms with Crippen LogP contribution in [0.4, 0.5) is 0 Å². The fraction of sp³-hybridized carbons (Fsp3) is 0.135. The summed E-state index contributed by atoms with van der Waals surface area (Å²) in [7, 11) is 1.76. The van der Waals surface area contributed by atoms with Gasteiger partial charge in [-0.25, -0.2) is 0 Å². The predicted molar refractivity (Wildman–Crippen MR) is 159 cm³/mol. The Hall–Kier alpha value is -4.36. The molecule has 6 aromatic carbocycles. The number of rotatable bonds is 1. The van der Waals surface area contributed by atoms with Crippen LogP contribution in [0.15, 0.2) is 84.9 Å². The lowest BCUT2D eigenvalue weighted by Gasteiger charge is -2.23. The summed E-state index contributed by atoms with van der Waals surface area (Å²) in [5.41, 5.74) is 17.7. The van der Waals surface area contributed by atoms with Gasteiger partial charge < -0.3 is 4.74 Å². The van der Waals surface area contributed by atoms with Crippen molar-refractivity contribution in [3.63, 3.8) is 0 Å². The summed E-state index contributed by atoms with van der Waals surface area (Å²) in [6.07, 6.45) is 0.